The summed E-state index contributed by atoms with van der Waals surface area (Å²) in [5.41, 5.74) is 2.36. The van der Waals surface area contributed by atoms with Crippen molar-refractivity contribution in [3.8, 4) is 0 Å². The van der Waals surface area contributed by atoms with Gasteiger partial charge < -0.3 is 5.73 Å². The number of anilines is 1. The molecule has 2 N–H and O–H groups in total. The van der Waals surface area contributed by atoms with Gasteiger partial charge in [0.25, 0.3) is 15.5 Å². The molecule has 0 aliphatic carbocycles. The number of rotatable bonds is 3. The van der Waals surface area contributed by atoms with Crippen molar-refractivity contribution in [1.82, 2.24) is 4.98 Å². The van der Waals surface area contributed by atoms with Crippen molar-refractivity contribution >= 4 is 31.2 Å². The molecule has 1 aromatic rings. The second-order valence-corrected chi connectivity index (χ2v) is 5.31. The van der Waals surface area contributed by atoms with E-state index in [1.807, 2.05) is 0 Å². The van der Waals surface area contributed by atoms with Crippen LogP contribution >= 0.6 is 10.7 Å². The van der Waals surface area contributed by atoms with Gasteiger partial charge in [-0.05, 0) is 0 Å². The topological polar surface area (TPSA) is 116 Å². The lowest BCUT2D eigenvalue weighted by Gasteiger charge is -2.05. The molecule has 0 unspecified atom stereocenters. The molecule has 11 heteroatoms. The molecule has 0 radical (unpaired) electrons. The predicted molar refractivity (Wildman–Crippen MR) is 53.3 cm³/mol. The predicted octanol–water partition coefficient (Wildman–Crippen LogP) is 1.44. The Bertz CT molecular complexity index is 577. The Labute approximate surface area is 97.8 Å². The zero-order chi connectivity index (χ0) is 13.4. The van der Waals surface area contributed by atoms with Crippen LogP contribution < -0.4 is 5.73 Å². The molecule has 0 fully saturated rings. The maximum atomic E-state index is 12.5. The van der Waals surface area contributed by atoms with Crippen LogP contribution in [0.3, 0.4) is 0 Å². The zero-order valence-corrected chi connectivity index (χ0v) is 9.37. The molecule has 0 amide bonds. The van der Waals surface area contributed by atoms with Crippen molar-refractivity contribution in [2.45, 2.75) is 11.3 Å². The van der Waals surface area contributed by atoms with Crippen LogP contribution in [0.4, 0.5) is 20.3 Å². The number of hydrogen-bond donors (Lipinski definition) is 1. The Hall–Kier alpha value is -1.55. The van der Waals surface area contributed by atoms with Crippen LogP contribution in [0.15, 0.2) is 11.0 Å². The normalized spacial score (nSPS) is 11.8. The number of pyridine rings is 1. The third-order valence-electron chi connectivity index (χ3n) is 1.66. The lowest BCUT2D eigenvalue weighted by Crippen LogP contribution is -2.08. The smallest absolute Gasteiger partial charge is 0.316 e. The number of halogens is 3. The fourth-order valence-corrected chi connectivity index (χ4v) is 2.10. The molecule has 0 aliphatic rings. The van der Waals surface area contributed by atoms with Gasteiger partial charge in [-0.25, -0.2) is 22.2 Å². The number of hydrogen-bond acceptors (Lipinski definition) is 6. The van der Waals surface area contributed by atoms with Gasteiger partial charge in [0, 0.05) is 16.7 Å². The lowest BCUT2D eigenvalue weighted by atomic mass is 10.3. The molecule has 94 valence electrons. The minimum Gasteiger partial charge on any atom is -0.384 e. The van der Waals surface area contributed by atoms with E-state index in [0.717, 1.165) is 0 Å². The van der Waals surface area contributed by atoms with Crippen LogP contribution in [0.5, 0.6) is 0 Å². The first-order valence-electron chi connectivity index (χ1n) is 3.82. The van der Waals surface area contributed by atoms with E-state index in [0.29, 0.717) is 6.07 Å². The molecule has 1 aromatic heterocycles. The summed E-state index contributed by atoms with van der Waals surface area (Å²) in [6, 6.07) is 0.548. The largest absolute Gasteiger partial charge is 0.384 e. The van der Waals surface area contributed by atoms with E-state index in [2.05, 4.69) is 4.98 Å². The molecule has 7 nitrogen and oxygen atoms in total. The second-order valence-electron chi connectivity index (χ2n) is 2.77. The molecule has 1 rings (SSSR count). The van der Waals surface area contributed by atoms with E-state index in [1.165, 1.54) is 0 Å². The zero-order valence-electron chi connectivity index (χ0n) is 7.80. The van der Waals surface area contributed by atoms with E-state index < -0.39 is 42.5 Å². The SMILES string of the molecule is Nc1cc(S(=O)(=O)Cl)c([N+](=O)[O-])c(C(F)F)n1. The first-order chi connectivity index (χ1) is 7.64. The number of alkyl halides is 2. The Balaban J connectivity index is 3.77. The van der Waals surface area contributed by atoms with Crippen molar-refractivity contribution in [1.29, 1.82) is 0 Å². The average molecular weight is 288 g/mol. The molecule has 0 aliphatic heterocycles. The first-order valence-corrected chi connectivity index (χ1v) is 6.13. The van der Waals surface area contributed by atoms with Crippen LogP contribution in [0.2, 0.25) is 0 Å². The maximum absolute atomic E-state index is 12.5. The van der Waals surface area contributed by atoms with Gasteiger partial charge in [-0.15, -0.1) is 0 Å². The molecule has 0 atom stereocenters. The van der Waals surface area contributed by atoms with Gasteiger partial charge in [0.05, 0.1) is 4.92 Å². The highest BCUT2D eigenvalue weighted by Crippen LogP contribution is 2.35. The lowest BCUT2D eigenvalue weighted by molar-refractivity contribution is -0.389. The van der Waals surface area contributed by atoms with E-state index in [1.54, 1.807) is 0 Å². The Morgan fingerprint density at radius 1 is 1.53 bits per heavy atom. The molecule has 0 spiro atoms. The number of nitrogens with two attached hydrogens (primary N) is 1. The minimum atomic E-state index is -4.58. The van der Waals surface area contributed by atoms with E-state index in [9.17, 15) is 27.3 Å². The van der Waals surface area contributed by atoms with Crippen LogP contribution in [-0.2, 0) is 9.05 Å². The third-order valence-corrected chi connectivity index (χ3v) is 2.99. The highest BCUT2D eigenvalue weighted by atomic mass is 35.7. The van der Waals surface area contributed by atoms with Gasteiger partial charge in [-0.1, -0.05) is 0 Å². The molecular formula is C6H4ClF2N3O4S. The van der Waals surface area contributed by atoms with Crippen molar-refractivity contribution in [3.63, 3.8) is 0 Å². The quantitative estimate of drug-likeness (QED) is 0.511. The number of nitro groups is 1. The molecule has 0 bridgehead atoms. The van der Waals surface area contributed by atoms with Gasteiger partial charge in [0.15, 0.2) is 10.6 Å². The summed E-state index contributed by atoms with van der Waals surface area (Å²) >= 11 is 0. The molecular weight excluding hydrogens is 284 g/mol. The fraction of sp³-hybridized carbons (Fsp3) is 0.167. The van der Waals surface area contributed by atoms with Crippen molar-refractivity contribution in [2.75, 3.05) is 5.73 Å². The second kappa shape index (κ2) is 4.37. The Kier molecular flexibility index (Phi) is 3.48. The number of nitrogen functional groups attached to an aromatic ring is 1. The number of aromatic nitrogens is 1. The van der Waals surface area contributed by atoms with Gasteiger partial charge in [0.1, 0.15) is 5.82 Å². The summed E-state index contributed by atoms with van der Waals surface area (Å²) in [5.74, 6) is -0.606. The van der Waals surface area contributed by atoms with Gasteiger partial charge in [-0.2, -0.15) is 0 Å². The summed E-state index contributed by atoms with van der Waals surface area (Å²) in [4.78, 5) is 11.2. The summed E-state index contributed by atoms with van der Waals surface area (Å²) in [5, 5.41) is 10.6. The van der Waals surface area contributed by atoms with Crippen LogP contribution in [0.25, 0.3) is 0 Å². The van der Waals surface area contributed by atoms with Gasteiger partial charge in [-0.3, -0.25) is 10.1 Å². The minimum absolute atomic E-state index is 0.548. The molecule has 1 heterocycles. The van der Waals surface area contributed by atoms with Crippen molar-refractivity contribution in [2.24, 2.45) is 0 Å². The van der Waals surface area contributed by atoms with E-state index in [4.69, 9.17) is 16.4 Å². The summed E-state index contributed by atoms with van der Waals surface area (Å²) in [7, 11) is 0.316. The monoisotopic (exact) mass is 287 g/mol. The Morgan fingerprint density at radius 3 is 2.41 bits per heavy atom. The maximum Gasteiger partial charge on any atom is 0.316 e. The molecule has 0 aromatic carbocycles. The average Bonchev–Trinajstić information content (AvgIpc) is 2.14. The third kappa shape index (κ3) is 2.77. The summed E-state index contributed by atoms with van der Waals surface area (Å²) in [6.45, 7) is 0. The summed E-state index contributed by atoms with van der Waals surface area (Å²) in [6.07, 6.45) is -3.35. The molecule has 17 heavy (non-hydrogen) atoms. The number of nitrogens with zero attached hydrogens (tertiary/aromatic N) is 2. The van der Waals surface area contributed by atoms with Crippen LogP contribution in [0.1, 0.15) is 12.1 Å². The fourth-order valence-electron chi connectivity index (χ4n) is 1.07. The molecule has 0 saturated heterocycles. The van der Waals surface area contributed by atoms with Crippen molar-refractivity contribution in [3.05, 3.63) is 21.9 Å². The Morgan fingerprint density at radius 2 is 2.06 bits per heavy atom. The highest BCUT2D eigenvalue weighted by Gasteiger charge is 2.33. The molecule has 0 saturated carbocycles. The van der Waals surface area contributed by atoms with Crippen molar-refractivity contribution < 1.29 is 22.1 Å². The van der Waals surface area contributed by atoms with Crippen LogP contribution in [0, 0.1) is 10.1 Å². The van der Waals surface area contributed by atoms with E-state index in [-0.39, 0.29) is 0 Å². The first kappa shape index (κ1) is 13.5. The standard InChI is InChI=1S/C6H4ClF2N3O4S/c7-17(15,16)2-1-3(10)11-4(6(8)9)5(2)12(13)14/h1,6H,(H2,10,11). The summed E-state index contributed by atoms with van der Waals surface area (Å²) < 4.78 is 47.0. The van der Waals surface area contributed by atoms with Gasteiger partial charge >= 0.3 is 5.69 Å². The van der Waals surface area contributed by atoms with Crippen LogP contribution in [-0.4, -0.2) is 18.3 Å². The highest BCUT2D eigenvalue weighted by molar-refractivity contribution is 8.13. The van der Waals surface area contributed by atoms with Gasteiger partial charge in [0.2, 0.25) is 0 Å². The van der Waals surface area contributed by atoms with E-state index >= 15 is 0 Å².